The Kier molecular flexibility index (Phi) is 2.40. The van der Waals surface area contributed by atoms with Crippen molar-refractivity contribution in [2.75, 3.05) is 0 Å². The van der Waals surface area contributed by atoms with Gasteiger partial charge in [0.15, 0.2) is 5.82 Å². The summed E-state index contributed by atoms with van der Waals surface area (Å²) in [7, 11) is 0. The van der Waals surface area contributed by atoms with Crippen molar-refractivity contribution < 1.29 is 0 Å². The third-order valence-corrected chi connectivity index (χ3v) is 2.71. The number of nitrogens with one attached hydrogen (secondary N) is 1. The summed E-state index contributed by atoms with van der Waals surface area (Å²) >= 11 is 0. The van der Waals surface area contributed by atoms with Gasteiger partial charge in [-0.15, -0.1) is 10.2 Å². The second-order valence-corrected chi connectivity index (χ2v) is 4.05. The van der Waals surface area contributed by atoms with Crippen LogP contribution in [0.2, 0.25) is 0 Å². The molecule has 0 fully saturated rings. The molecule has 0 aliphatic rings. The summed E-state index contributed by atoms with van der Waals surface area (Å²) in [5.41, 5.74) is 1.29. The van der Waals surface area contributed by atoms with E-state index >= 15 is 0 Å². The van der Waals surface area contributed by atoms with Crippen LogP contribution in [-0.2, 0) is 6.42 Å². The molecule has 0 saturated carbocycles. The van der Waals surface area contributed by atoms with Gasteiger partial charge in [0, 0.05) is 6.42 Å². The van der Waals surface area contributed by atoms with Gasteiger partial charge in [-0.2, -0.15) is 9.61 Å². The molecule has 0 radical (unpaired) electrons. The van der Waals surface area contributed by atoms with Crippen LogP contribution >= 0.6 is 0 Å². The molecule has 6 nitrogen and oxygen atoms in total. The van der Waals surface area contributed by atoms with Crippen molar-refractivity contribution >= 4 is 5.78 Å². The van der Waals surface area contributed by atoms with Gasteiger partial charge in [0.25, 0.3) is 11.3 Å². The van der Waals surface area contributed by atoms with Gasteiger partial charge in [0.2, 0.25) is 0 Å². The maximum absolute atomic E-state index is 11.4. The van der Waals surface area contributed by atoms with Crippen LogP contribution in [-0.4, -0.2) is 24.8 Å². The molecule has 0 aliphatic carbocycles. The maximum Gasteiger partial charge on any atom is 0.273 e. The number of benzene rings is 1. The Bertz CT molecular complexity index is 744. The van der Waals surface area contributed by atoms with E-state index in [9.17, 15) is 4.79 Å². The molecule has 0 unspecified atom stereocenters. The van der Waals surface area contributed by atoms with Crippen molar-refractivity contribution in [1.82, 2.24) is 24.8 Å². The van der Waals surface area contributed by atoms with Crippen molar-refractivity contribution in [1.29, 1.82) is 0 Å². The largest absolute Gasteiger partial charge is 0.288 e. The molecule has 18 heavy (non-hydrogen) atoms. The Morgan fingerprint density at radius 2 is 2.00 bits per heavy atom. The van der Waals surface area contributed by atoms with Crippen molar-refractivity contribution in [3.63, 3.8) is 0 Å². The predicted octanol–water partition coefficient (Wildman–Crippen LogP) is 0.712. The third-order valence-electron chi connectivity index (χ3n) is 2.71. The lowest BCUT2D eigenvalue weighted by molar-refractivity contribution is 0.796. The summed E-state index contributed by atoms with van der Waals surface area (Å²) in [5, 5.41) is 12.1. The Morgan fingerprint density at radius 1 is 1.22 bits per heavy atom. The van der Waals surface area contributed by atoms with E-state index in [1.54, 1.807) is 11.4 Å². The topological polar surface area (TPSA) is 75.9 Å². The molecular weight excluding hydrogens is 230 g/mol. The minimum Gasteiger partial charge on any atom is -0.288 e. The highest BCUT2D eigenvalue weighted by Crippen LogP contribution is 2.06. The van der Waals surface area contributed by atoms with E-state index in [4.69, 9.17) is 0 Å². The minimum atomic E-state index is -0.235. The van der Waals surface area contributed by atoms with Crippen LogP contribution in [0.3, 0.4) is 0 Å². The summed E-state index contributed by atoms with van der Waals surface area (Å²) in [4.78, 5) is 14.0. The van der Waals surface area contributed by atoms with Crippen molar-refractivity contribution in [3.05, 3.63) is 57.8 Å². The molecule has 0 amide bonds. The molecule has 0 bridgehead atoms. The summed E-state index contributed by atoms with van der Waals surface area (Å²) in [6.07, 6.45) is 0.625. The molecular formula is C12H11N5O. The fourth-order valence-electron chi connectivity index (χ4n) is 1.77. The predicted molar refractivity (Wildman–Crippen MR) is 65.4 cm³/mol. The van der Waals surface area contributed by atoms with Crippen LogP contribution < -0.4 is 5.56 Å². The zero-order chi connectivity index (χ0) is 12.5. The first kappa shape index (κ1) is 10.6. The molecule has 2 aromatic heterocycles. The summed E-state index contributed by atoms with van der Waals surface area (Å²) in [6.45, 7) is 1.66. The van der Waals surface area contributed by atoms with E-state index in [2.05, 4.69) is 20.3 Å². The minimum absolute atomic E-state index is 0.235. The molecule has 3 rings (SSSR count). The van der Waals surface area contributed by atoms with E-state index in [1.807, 2.05) is 30.3 Å². The van der Waals surface area contributed by atoms with Crippen LogP contribution in [0.4, 0.5) is 0 Å². The van der Waals surface area contributed by atoms with Gasteiger partial charge in [-0.1, -0.05) is 30.3 Å². The van der Waals surface area contributed by atoms with E-state index in [0.717, 1.165) is 5.56 Å². The first-order valence-corrected chi connectivity index (χ1v) is 5.59. The average Bonchev–Trinajstić information content (AvgIpc) is 2.74. The lowest BCUT2D eigenvalue weighted by atomic mass is 10.1. The van der Waals surface area contributed by atoms with Gasteiger partial charge in [-0.25, -0.2) is 0 Å². The molecule has 3 aromatic rings. The SMILES string of the molecule is Cc1nn2c(Cc3ccccc3)nnc2[nH]c1=O. The highest BCUT2D eigenvalue weighted by atomic mass is 16.1. The smallest absolute Gasteiger partial charge is 0.273 e. The number of hydrogen-bond donors (Lipinski definition) is 1. The molecule has 6 heteroatoms. The monoisotopic (exact) mass is 241 g/mol. The first-order valence-electron chi connectivity index (χ1n) is 5.59. The molecule has 0 atom stereocenters. The van der Waals surface area contributed by atoms with Crippen molar-refractivity contribution in [3.8, 4) is 0 Å². The number of fused-ring (bicyclic) bond motifs is 1. The van der Waals surface area contributed by atoms with Crippen molar-refractivity contribution in [2.24, 2.45) is 0 Å². The van der Waals surface area contributed by atoms with Crippen LogP contribution in [0.5, 0.6) is 0 Å². The Balaban J connectivity index is 2.08. The molecule has 2 heterocycles. The third kappa shape index (κ3) is 1.77. The fourth-order valence-corrected chi connectivity index (χ4v) is 1.77. The average molecular weight is 241 g/mol. The summed E-state index contributed by atoms with van der Waals surface area (Å²) in [5.74, 6) is 1.08. The molecule has 1 N–H and O–H groups in total. The van der Waals surface area contributed by atoms with Gasteiger partial charge < -0.3 is 0 Å². The standard InChI is InChI=1S/C12H11N5O/c1-8-11(18)13-12-15-14-10(17(12)16-8)7-9-5-3-2-4-6-9/h2-6H,7H2,1H3,(H,13,15,18). The highest BCUT2D eigenvalue weighted by Gasteiger charge is 2.09. The number of rotatable bonds is 2. The number of nitrogens with zero attached hydrogens (tertiary/aromatic N) is 4. The molecule has 0 aliphatic heterocycles. The second-order valence-electron chi connectivity index (χ2n) is 4.05. The highest BCUT2D eigenvalue weighted by molar-refractivity contribution is 5.27. The Labute approximate surface area is 102 Å². The lowest BCUT2D eigenvalue weighted by Gasteiger charge is -1.99. The van der Waals surface area contributed by atoms with Crippen molar-refractivity contribution in [2.45, 2.75) is 13.3 Å². The second kappa shape index (κ2) is 4.06. The normalized spacial score (nSPS) is 10.9. The van der Waals surface area contributed by atoms with Crippen LogP contribution in [0.1, 0.15) is 17.1 Å². The van der Waals surface area contributed by atoms with Gasteiger partial charge in [-0.3, -0.25) is 9.78 Å². The van der Waals surface area contributed by atoms with Crippen LogP contribution in [0.15, 0.2) is 35.1 Å². The first-order chi connectivity index (χ1) is 8.74. The lowest BCUT2D eigenvalue weighted by Crippen LogP contribution is -2.16. The molecule has 1 aromatic carbocycles. The number of aryl methyl sites for hydroxylation is 1. The number of aromatic amines is 1. The number of hydrogen-bond acceptors (Lipinski definition) is 4. The zero-order valence-corrected chi connectivity index (χ0v) is 9.79. The van der Waals surface area contributed by atoms with Gasteiger partial charge in [-0.05, 0) is 12.5 Å². The molecule has 0 spiro atoms. The fraction of sp³-hybridized carbons (Fsp3) is 0.167. The van der Waals surface area contributed by atoms with Crippen LogP contribution in [0, 0.1) is 6.92 Å². The van der Waals surface area contributed by atoms with Crippen LogP contribution in [0.25, 0.3) is 5.78 Å². The maximum atomic E-state index is 11.4. The summed E-state index contributed by atoms with van der Waals surface area (Å²) in [6, 6.07) is 9.93. The zero-order valence-electron chi connectivity index (χ0n) is 9.79. The quantitative estimate of drug-likeness (QED) is 0.717. The van der Waals surface area contributed by atoms with E-state index in [-0.39, 0.29) is 5.56 Å². The van der Waals surface area contributed by atoms with Gasteiger partial charge in [0.05, 0.1) is 0 Å². The number of H-pyrrole nitrogens is 1. The van der Waals surface area contributed by atoms with E-state index in [1.165, 1.54) is 0 Å². The van der Waals surface area contributed by atoms with Gasteiger partial charge in [0.1, 0.15) is 5.69 Å². The Morgan fingerprint density at radius 3 is 2.78 bits per heavy atom. The molecule has 90 valence electrons. The van der Waals surface area contributed by atoms with Gasteiger partial charge >= 0.3 is 0 Å². The summed E-state index contributed by atoms with van der Waals surface area (Å²) < 4.78 is 1.57. The van der Waals surface area contributed by atoms with E-state index in [0.29, 0.717) is 23.7 Å². The Hall–Kier alpha value is -2.50. The number of aromatic nitrogens is 5. The van der Waals surface area contributed by atoms with E-state index < -0.39 is 0 Å². The molecule has 0 saturated heterocycles.